The molecule has 0 atom stereocenters. The third-order valence-corrected chi connectivity index (χ3v) is 4.25. The number of hydrogen-bond acceptors (Lipinski definition) is 7. The molecule has 0 aliphatic rings. The van der Waals surface area contributed by atoms with Gasteiger partial charge in [0.1, 0.15) is 28.8 Å². The highest BCUT2D eigenvalue weighted by atomic mass is 35.5. The van der Waals surface area contributed by atoms with Crippen molar-refractivity contribution in [1.82, 2.24) is 0 Å². The van der Waals surface area contributed by atoms with E-state index >= 15 is 0 Å². The van der Waals surface area contributed by atoms with Gasteiger partial charge in [-0.15, -0.1) is 0 Å². The molecule has 0 unspecified atom stereocenters. The molecule has 1 amide bonds. The van der Waals surface area contributed by atoms with E-state index in [0.29, 0.717) is 44.4 Å². The van der Waals surface area contributed by atoms with Crippen molar-refractivity contribution in [3.8, 4) is 23.0 Å². The smallest absolute Gasteiger partial charge is 0.247 e. The molecule has 28 heavy (non-hydrogen) atoms. The Kier molecular flexibility index (Phi) is 7.71. The fourth-order valence-corrected chi connectivity index (χ4v) is 2.69. The minimum atomic E-state index is -0.397. The molecule has 0 saturated heterocycles. The molecule has 0 fully saturated rings. The van der Waals surface area contributed by atoms with E-state index in [9.17, 15) is 4.79 Å². The van der Waals surface area contributed by atoms with Crippen LogP contribution in [0.1, 0.15) is 0 Å². The molecule has 2 rings (SSSR count). The number of nitrogens with zero attached hydrogens (tertiary/aromatic N) is 2. The lowest BCUT2D eigenvalue weighted by atomic mass is 10.2. The Labute approximate surface area is 172 Å². The zero-order chi connectivity index (χ0) is 20.7. The molecule has 0 radical (unpaired) electrons. The lowest BCUT2D eigenvalue weighted by Crippen LogP contribution is -2.14. The van der Waals surface area contributed by atoms with Gasteiger partial charge in [0, 0.05) is 30.0 Å². The average molecular weight is 428 g/mol. The molecule has 0 aromatic heterocycles. The molecular formula is C18H19Cl2N3O5. The summed E-state index contributed by atoms with van der Waals surface area (Å²) in [5.74, 6) is 1.26. The van der Waals surface area contributed by atoms with Crippen LogP contribution in [0.25, 0.3) is 0 Å². The lowest BCUT2D eigenvalue weighted by molar-refractivity contribution is -0.114. The normalized spacial score (nSPS) is 10.6. The van der Waals surface area contributed by atoms with Gasteiger partial charge in [0.25, 0.3) is 0 Å². The molecule has 8 nitrogen and oxygen atoms in total. The number of azo groups is 1. The van der Waals surface area contributed by atoms with E-state index in [-0.39, 0.29) is 6.54 Å². The number of hydrogen-bond donors (Lipinski definition) is 1. The van der Waals surface area contributed by atoms with Gasteiger partial charge < -0.3 is 24.3 Å². The van der Waals surface area contributed by atoms with Crippen molar-refractivity contribution >= 4 is 40.5 Å². The number of benzene rings is 2. The Morgan fingerprint density at radius 2 is 1.43 bits per heavy atom. The van der Waals surface area contributed by atoms with Gasteiger partial charge >= 0.3 is 0 Å². The fraction of sp³-hybridized carbons (Fsp3) is 0.278. The Morgan fingerprint density at radius 1 is 0.893 bits per heavy atom. The minimum Gasteiger partial charge on any atom is -0.495 e. The summed E-state index contributed by atoms with van der Waals surface area (Å²) in [7, 11) is 5.93. The summed E-state index contributed by atoms with van der Waals surface area (Å²) in [6.07, 6.45) is 0. The number of carbonyl (C=O) groups is 1. The van der Waals surface area contributed by atoms with E-state index in [2.05, 4.69) is 15.5 Å². The van der Waals surface area contributed by atoms with E-state index in [1.54, 1.807) is 24.3 Å². The van der Waals surface area contributed by atoms with Crippen molar-refractivity contribution in [2.45, 2.75) is 0 Å². The molecule has 0 heterocycles. The SMILES string of the molecule is COc1cc(Cl)c(N=NCC(=O)Nc2cc(OC)c(Cl)c(OC)c2)cc1OC. The number of halogens is 2. The Morgan fingerprint density at radius 3 is 1.96 bits per heavy atom. The van der Waals surface area contributed by atoms with Crippen LogP contribution < -0.4 is 24.3 Å². The van der Waals surface area contributed by atoms with E-state index in [1.807, 2.05) is 0 Å². The summed E-state index contributed by atoms with van der Waals surface area (Å²) in [5.41, 5.74) is 0.796. The number of carbonyl (C=O) groups excluding carboxylic acids is 1. The van der Waals surface area contributed by atoms with Crippen molar-refractivity contribution in [2.75, 3.05) is 40.3 Å². The number of ether oxygens (including phenoxy) is 4. The second-order valence-corrected chi connectivity index (χ2v) is 6.09. The van der Waals surface area contributed by atoms with Gasteiger partial charge in [-0.3, -0.25) is 4.79 Å². The summed E-state index contributed by atoms with van der Waals surface area (Å²) < 4.78 is 20.7. The zero-order valence-corrected chi connectivity index (χ0v) is 17.2. The topological polar surface area (TPSA) is 90.7 Å². The maximum atomic E-state index is 12.1. The molecule has 0 saturated carbocycles. The number of methoxy groups -OCH3 is 4. The van der Waals surface area contributed by atoms with Crippen LogP contribution in [-0.2, 0) is 4.79 Å². The van der Waals surface area contributed by atoms with Crippen LogP contribution >= 0.6 is 23.2 Å². The number of anilines is 1. The first-order valence-corrected chi connectivity index (χ1v) is 8.69. The molecule has 0 spiro atoms. The summed E-state index contributed by atoms with van der Waals surface area (Å²) in [5, 5.41) is 11.2. The van der Waals surface area contributed by atoms with Crippen LogP contribution in [-0.4, -0.2) is 40.9 Å². The van der Waals surface area contributed by atoms with E-state index in [0.717, 1.165) is 0 Å². The van der Waals surface area contributed by atoms with Crippen LogP contribution in [0.3, 0.4) is 0 Å². The first kappa shape index (κ1) is 21.6. The second kappa shape index (κ2) is 10.0. The van der Waals surface area contributed by atoms with Crippen LogP contribution in [0.5, 0.6) is 23.0 Å². The van der Waals surface area contributed by atoms with Crippen molar-refractivity contribution in [2.24, 2.45) is 10.2 Å². The van der Waals surface area contributed by atoms with Crippen LogP contribution in [0.15, 0.2) is 34.5 Å². The molecule has 150 valence electrons. The van der Waals surface area contributed by atoms with Gasteiger partial charge in [-0.05, 0) is 0 Å². The maximum Gasteiger partial charge on any atom is 0.247 e. The predicted molar refractivity (Wildman–Crippen MR) is 107 cm³/mol. The molecular weight excluding hydrogens is 409 g/mol. The van der Waals surface area contributed by atoms with Gasteiger partial charge in [-0.25, -0.2) is 0 Å². The predicted octanol–water partition coefficient (Wildman–Crippen LogP) is 4.75. The molecule has 1 N–H and O–H groups in total. The van der Waals surface area contributed by atoms with Crippen molar-refractivity contribution < 1.29 is 23.7 Å². The van der Waals surface area contributed by atoms with Crippen LogP contribution in [0.2, 0.25) is 10.0 Å². The van der Waals surface area contributed by atoms with E-state index in [1.165, 1.54) is 28.4 Å². The summed E-state index contributed by atoms with van der Waals surface area (Å²) >= 11 is 12.2. The maximum absolute atomic E-state index is 12.1. The summed E-state index contributed by atoms with van der Waals surface area (Å²) in [6, 6.07) is 6.27. The highest BCUT2D eigenvalue weighted by Gasteiger charge is 2.13. The van der Waals surface area contributed by atoms with Crippen molar-refractivity contribution in [3.63, 3.8) is 0 Å². The van der Waals surface area contributed by atoms with Gasteiger partial charge in [-0.1, -0.05) is 23.2 Å². The van der Waals surface area contributed by atoms with Crippen LogP contribution in [0, 0.1) is 0 Å². The monoisotopic (exact) mass is 427 g/mol. The summed E-state index contributed by atoms with van der Waals surface area (Å²) in [6.45, 7) is -0.224. The molecule has 10 heteroatoms. The molecule has 2 aromatic rings. The van der Waals surface area contributed by atoms with Gasteiger partial charge in [-0.2, -0.15) is 10.2 Å². The quantitative estimate of drug-likeness (QED) is 0.613. The lowest BCUT2D eigenvalue weighted by Gasteiger charge is -2.11. The molecule has 0 aliphatic heterocycles. The van der Waals surface area contributed by atoms with Crippen LogP contribution in [0.4, 0.5) is 11.4 Å². The molecule has 0 aliphatic carbocycles. The molecule has 0 bridgehead atoms. The van der Waals surface area contributed by atoms with E-state index < -0.39 is 5.91 Å². The highest BCUT2D eigenvalue weighted by molar-refractivity contribution is 6.33. The van der Waals surface area contributed by atoms with E-state index in [4.69, 9.17) is 42.1 Å². The summed E-state index contributed by atoms with van der Waals surface area (Å²) in [4.78, 5) is 12.1. The third-order valence-electron chi connectivity index (χ3n) is 3.58. The second-order valence-electron chi connectivity index (χ2n) is 5.30. The van der Waals surface area contributed by atoms with Crippen molar-refractivity contribution in [3.05, 3.63) is 34.3 Å². The largest absolute Gasteiger partial charge is 0.495 e. The first-order chi connectivity index (χ1) is 13.4. The average Bonchev–Trinajstić information content (AvgIpc) is 2.69. The highest BCUT2D eigenvalue weighted by Crippen LogP contribution is 2.38. The number of nitrogens with one attached hydrogen (secondary N) is 1. The Bertz CT molecular complexity index is 865. The van der Waals surface area contributed by atoms with Gasteiger partial charge in [0.2, 0.25) is 5.91 Å². The van der Waals surface area contributed by atoms with Gasteiger partial charge in [0.15, 0.2) is 11.5 Å². The minimum absolute atomic E-state index is 0.224. The van der Waals surface area contributed by atoms with Gasteiger partial charge in [0.05, 0.1) is 33.5 Å². The zero-order valence-electron chi connectivity index (χ0n) is 15.7. The fourth-order valence-electron chi connectivity index (χ4n) is 2.24. The number of rotatable bonds is 8. The van der Waals surface area contributed by atoms with Crippen molar-refractivity contribution in [1.29, 1.82) is 0 Å². The first-order valence-electron chi connectivity index (χ1n) is 7.93. The Balaban J connectivity index is 2.09. The number of amides is 1. The third kappa shape index (κ3) is 5.17. The Hall–Kier alpha value is -2.71. The molecule has 2 aromatic carbocycles. The standard InChI is InChI=1S/C18H19Cl2N3O5/c1-25-13-7-11(19)12(8-14(13)26-2)23-21-9-17(24)22-10-5-15(27-3)18(20)16(6-10)28-4/h5-8H,9H2,1-4H3,(H,22,24).